The molecule has 29 heavy (non-hydrogen) atoms. The molecule has 0 saturated carbocycles. The van der Waals surface area contributed by atoms with E-state index < -0.39 is 0 Å². The van der Waals surface area contributed by atoms with Gasteiger partial charge in [0, 0.05) is 11.6 Å². The number of carbonyl (C=O) groups excluding carboxylic acids is 1. The van der Waals surface area contributed by atoms with Gasteiger partial charge in [0.25, 0.3) is 0 Å². The molecule has 4 rings (SSSR count). The number of hydrogen-bond acceptors (Lipinski definition) is 3. The first kappa shape index (κ1) is 19.6. The van der Waals surface area contributed by atoms with Crippen LogP contribution in [0.5, 0.6) is 0 Å². The number of rotatable bonds is 4. The monoisotopic (exact) mass is 390 g/mol. The summed E-state index contributed by atoms with van der Waals surface area (Å²) < 4.78 is 0. The average molecular weight is 391 g/mol. The standard InChI is InChI=1S/C24H30N4O/c1-15-6-5-7-16(2)23(15)27-22(29)14-28-10-8-19(9-11-28)24-25-20-12-17(3)18(4)13-21(20)26-24/h5-7,12-13,19H,8-11,14H2,1-4H3,(H,25,26)(H,27,29). The van der Waals surface area contributed by atoms with E-state index in [-0.39, 0.29) is 5.91 Å². The molecule has 0 atom stereocenters. The molecule has 1 aromatic heterocycles. The molecule has 1 fully saturated rings. The Morgan fingerprint density at radius 3 is 2.41 bits per heavy atom. The van der Waals surface area contributed by atoms with Gasteiger partial charge in [-0.25, -0.2) is 4.98 Å². The van der Waals surface area contributed by atoms with Crippen LogP contribution in [0.1, 0.15) is 46.8 Å². The van der Waals surface area contributed by atoms with Gasteiger partial charge in [-0.05, 0) is 88.0 Å². The second-order valence-corrected chi connectivity index (χ2v) is 8.44. The number of anilines is 1. The van der Waals surface area contributed by atoms with Crippen LogP contribution in [-0.2, 0) is 4.79 Å². The molecule has 1 aliphatic heterocycles. The molecule has 1 amide bonds. The summed E-state index contributed by atoms with van der Waals surface area (Å²) in [5.74, 6) is 1.58. The third-order valence-electron chi connectivity index (χ3n) is 6.20. The van der Waals surface area contributed by atoms with Crippen LogP contribution < -0.4 is 5.32 Å². The van der Waals surface area contributed by atoms with Crippen LogP contribution in [0.4, 0.5) is 5.69 Å². The zero-order valence-corrected chi connectivity index (χ0v) is 17.8. The number of fused-ring (bicyclic) bond motifs is 1. The third kappa shape index (κ3) is 4.20. The first-order chi connectivity index (χ1) is 13.9. The molecular weight excluding hydrogens is 360 g/mol. The topological polar surface area (TPSA) is 61.0 Å². The molecule has 5 nitrogen and oxygen atoms in total. The first-order valence-corrected chi connectivity index (χ1v) is 10.5. The minimum absolute atomic E-state index is 0.0653. The summed E-state index contributed by atoms with van der Waals surface area (Å²) in [6.07, 6.45) is 2.04. The maximum absolute atomic E-state index is 12.5. The van der Waals surface area contributed by atoms with E-state index in [9.17, 15) is 4.79 Å². The minimum Gasteiger partial charge on any atom is -0.342 e. The Morgan fingerprint density at radius 1 is 1.07 bits per heavy atom. The molecule has 5 heteroatoms. The minimum atomic E-state index is 0.0653. The highest BCUT2D eigenvalue weighted by molar-refractivity contribution is 5.93. The van der Waals surface area contributed by atoms with Crippen LogP contribution in [-0.4, -0.2) is 40.4 Å². The van der Waals surface area contributed by atoms with Crippen molar-refractivity contribution in [3.63, 3.8) is 0 Å². The van der Waals surface area contributed by atoms with Gasteiger partial charge >= 0.3 is 0 Å². The molecule has 0 bridgehead atoms. The molecule has 1 saturated heterocycles. The highest BCUT2D eigenvalue weighted by Gasteiger charge is 2.24. The number of aromatic nitrogens is 2. The quantitative estimate of drug-likeness (QED) is 0.684. The molecule has 1 aliphatic rings. The number of aryl methyl sites for hydroxylation is 4. The number of hydrogen-bond donors (Lipinski definition) is 2. The molecule has 0 aliphatic carbocycles. The summed E-state index contributed by atoms with van der Waals surface area (Å²) in [4.78, 5) is 23.2. The van der Waals surface area contributed by atoms with E-state index in [0.29, 0.717) is 12.5 Å². The fourth-order valence-corrected chi connectivity index (χ4v) is 4.24. The molecule has 2 N–H and O–H groups in total. The number of likely N-dealkylation sites (tertiary alicyclic amines) is 1. The maximum Gasteiger partial charge on any atom is 0.238 e. The summed E-state index contributed by atoms with van der Waals surface area (Å²) in [5.41, 5.74) is 7.90. The number of H-pyrrole nitrogens is 1. The van der Waals surface area contributed by atoms with E-state index in [2.05, 4.69) is 41.2 Å². The zero-order chi connectivity index (χ0) is 20.5. The van der Waals surface area contributed by atoms with Gasteiger partial charge in [0.1, 0.15) is 5.82 Å². The fourth-order valence-electron chi connectivity index (χ4n) is 4.24. The molecule has 0 spiro atoms. The lowest BCUT2D eigenvalue weighted by Crippen LogP contribution is -2.39. The van der Waals surface area contributed by atoms with Crippen molar-refractivity contribution in [2.24, 2.45) is 0 Å². The second kappa shape index (κ2) is 7.99. The number of para-hydroxylation sites is 1. The van der Waals surface area contributed by atoms with Crippen molar-refractivity contribution in [3.8, 4) is 0 Å². The Morgan fingerprint density at radius 2 is 1.72 bits per heavy atom. The molecule has 0 unspecified atom stereocenters. The number of imidazole rings is 1. The van der Waals surface area contributed by atoms with Crippen molar-refractivity contribution in [1.29, 1.82) is 0 Å². The van der Waals surface area contributed by atoms with Crippen molar-refractivity contribution in [3.05, 3.63) is 58.4 Å². The van der Waals surface area contributed by atoms with Gasteiger partial charge in [-0.15, -0.1) is 0 Å². The molecule has 2 aromatic carbocycles. The van der Waals surface area contributed by atoms with Gasteiger partial charge in [0.05, 0.1) is 17.6 Å². The van der Waals surface area contributed by atoms with E-state index in [4.69, 9.17) is 4.98 Å². The Labute approximate surface area is 172 Å². The summed E-state index contributed by atoms with van der Waals surface area (Å²) >= 11 is 0. The number of piperidine rings is 1. The number of aromatic amines is 1. The Kier molecular flexibility index (Phi) is 5.41. The van der Waals surface area contributed by atoms with Crippen LogP contribution >= 0.6 is 0 Å². The average Bonchev–Trinajstić information content (AvgIpc) is 3.08. The lowest BCUT2D eigenvalue weighted by atomic mass is 9.96. The second-order valence-electron chi connectivity index (χ2n) is 8.44. The van der Waals surface area contributed by atoms with Gasteiger partial charge in [-0.3, -0.25) is 9.69 Å². The Balaban J connectivity index is 1.35. The number of amides is 1. The first-order valence-electron chi connectivity index (χ1n) is 10.5. The normalized spacial score (nSPS) is 15.7. The van der Waals surface area contributed by atoms with Crippen LogP contribution in [0.15, 0.2) is 30.3 Å². The molecule has 2 heterocycles. The molecule has 152 valence electrons. The lowest BCUT2D eigenvalue weighted by molar-refractivity contribution is -0.117. The van der Waals surface area contributed by atoms with E-state index in [1.54, 1.807) is 0 Å². The Bertz CT molecular complexity index is 985. The predicted octanol–water partition coefficient (Wildman–Crippen LogP) is 4.61. The smallest absolute Gasteiger partial charge is 0.238 e. The number of nitrogens with zero attached hydrogens (tertiary/aromatic N) is 2. The van der Waals surface area contributed by atoms with Crippen molar-refractivity contribution in [2.75, 3.05) is 25.0 Å². The fraction of sp³-hybridized carbons (Fsp3) is 0.417. The predicted molar refractivity (Wildman–Crippen MR) is 119 cm³/mol. The van der Waals surface area contributed by atoms with Gasteiger partial charge in [-0.2, -0.15) is 0 Å². The van der Waals surface area contributed by atoms with Gasteiger partial charge in [0.2, 0.25) is 5.91 Å². The highest BCUT2D eigenvalue weighted by Crippen LogP contribution is 2.28. The largest absolute Gasteiger partial charge is 0.342 e. The van der Waals surface area contributed by atoms with Gasteiger partial charge in [0.15, 0.2) is 0 Å². The van der Waals surface area contributed by atoms with Crippen molar-refractivity contribution >= 4 is 22.6 Å². The zero-order valence-electron chi connectivity index (χ0n) is 17.8. The summed E-state index contributed by atoms with van der Waals surface area (Å²) in [5, 5.41) is 3.10. The van der Waals surface area contributed by atoms with Gasteiger partial charge in [-0.1, -0.05) is 18.2 Å². The van der Waals surface area contributed by atoms with Crippen LogP contribution in [0.3, 0.4) is 0 Å². The van der Waals surface area contributed by atoms with E-state index >= 15 is 0 Å². The lowest BCUT2D eigenvalue weighted by Gasteiger charge is -2.30. The van der Waals surface area contributed by atoms with Crippen molar-refractivity contribution < 1.29 is 4.79 Å². The summed E-state index contributed by atoms with van der Waals surface area (Å²) in [6, 6.07) is 10.4. The number of nitrogens with one attached hydrogen (secondary N) is 2. The van der Waals surface area contributed by atoms with Crippen molar-refractivity contribution in [1.82, 2.24) is 14.9 Å². The van der Waals surface area contributed by atoms with Crippen LogP contribution in [0.2, 0.25) is 0 Å². The van der Waals surface area contributed by atoms with Crippen LogP contribution in [0, 0.1) is 27.7 Å². The molecule has 3 aromatic rings. The summed E-state index contributed by atoms with van der Waals surface area (Å²) in [6.45, 7) is 10.6. The van der Waals surface area contributed by atoms with E-state index in [0.717, 1.165) is 59.6 Å². The van der Waals surface area contributed by atoms with Gasteiger partial charge < -0.3 is 10.3 Å². The summed E-state index contributed by atoms with van der Waals surface area (Å²) in [7, 11) is 0. The third-order valence-corrected chi connectivity index (χ3v) is 6.20. The highest BCUT2D eigenvalue weighted by atomic mass is 16.2. The Hall–Kier alpha value is -2.66. The number of carbonyl (C=O) groups is 1. The SMILES string of the molecule is Cc1cc2nc(C3CCN(CC(=O)Nc4c(C)cccc4C)CC3)[nH]c2cc1C. The van der Waals surface area contributed by atoms with Crippen molar-refractivity contribution in [2.45, 2.75) is 46.5 Å². The van der Waals surface area contributed by atoms with E-state index in [1.807, 2.05) is 32.0 Å². The maximum atomic E-state index is 12.5. The van der Waals surface area contributed by atoms with E-state index in [1.165, 1.54) is 11.1 Å². The number of benzene rings is 2. The molecular formula is C24H30N4O. The van der Waals surface area contributed by atoms with Crippen LogP contribution in [0.25, 0.3) is 11.0 Å². The molecule has 0 radical (unpaired) electrons.